The van der Waals surface area contributed by atoms with E-state index in [1.165, 1.54) is 44.9 Å². The number of aromatic nitrogens is 1. The smallest absolute Gasteiger partial charge is 0.133 e. The summed E-state index contributed by atoms with van der Waals surface area (Å²) in [6, 6.07) is 3.75. The molecule has 0 atom stereocenters. The molecule has 0 spiro atoms. The molecule has 0 unspecified atom stereocenters. The van der Waals surface area contributed by atoms with E-state index in [2.05, 4.69) is 4.98 Å². The fourth-order valence-electron chi connectivity index (χ4n) is 2.93. The molecule has 0 aliphatic heterocycles. The van der Waals surface area contributed by atoms with Crippen molar-refractivity contribution in [2.45, 2.75) is 55.9 Å². The number of nitrogens with zero attached hydrogens (tertiary/aromatic N) is 1. The lowest BCUT2D eigenvalue weighted by atomic mass is 9.86. The Morgan fingerprint density at radius 3 is 2.58 bits per heavy atom. The second-order valence-corrected chi connectivity index (χ2v) is 6.30. The first-order chi connectivity index (χ1) is 9.35. The molecule has 19 heavy (non-hydrogen) atoms. The van der Waals surface area contributed by atoms with Crippen LogP contribution in [0.3, 0.4) is 0 Å². The van der Waals surface area contributed by atoms with Crippen LogP contribution in [-0.2, 0) is 0 Å². The predicted octanol–water partition coefficient (Wildman–Crippen LogP) is 4.89. The molecule has 1 aromatic heterocycles. The SMILES string of the molecule is FSc1cc(OCC2CCC2)cc(C2CCCC2)n1. The molecule has 2 fully saturated rings. The zero-order valence-corrected chi connectivity index (χ0v) is 11.9. The van der Waals surface area contributed by atoms with E-state index in [1.807, 2.05) is 6.07 Å². The molecule has 0 amide bonds. The van der Waals surface area contributed by atoms with Crippen LogP contribution in [0.2, 0.25) is 0 Å². The topological polar surface area (TPSA) is 22.1 Å². The summed E-state index contributed by atoms with van der Waals surface area (Å²) in [6.45, 7) is 0.768. The van der Waals surface area contributed by atoms with Gasteiger partial charge in [0.15, 0.2) is 0 Å². The molecule has 2 aliphatic carbocycles. The first-order valence-electron chi connectivity index (χ1n) is 7.28. The Balaban J connectivity index is 1.71. The van der Waals surface area contributed by atoms with Gasteiger partial charge < -0.3 is 4.74 Å². The fourth-order valence-corrected chi connectivity index (χ4v) is 3.23. The van der Waals surface area contributed by atoms with Crippen molar-refractivity contribution in [1.82, 2.24) is 4.98 Å². The van der Waals surface area contributed by atoms with E-state index in [0.29, 0.717) is 16.9 Å². The molecule has 0 N–H and O–H groups in total. The number of pyridine rings is 1. The lowest BCUT2D eigenvalue weighted by Crippen LogP contribution is -2.19. The van der Waals surface area contributed by atoms with Crippen molar-refractivity contribution in [3.8, 4) is 5.75 Å². The predicted molar refractivity (Wildman–Crippen MR) is 75.2 cm³/mol. The Kier molecular flexibility index (Phi) is 4.26. The van der Waals surface area contributed by atoms with Crippen molar-refractivity contribution in [3.05, 3.63) is 17.8 Å². The molecular weight excluding hydrogens is 261 g/mol. The van der Waals surface area contributed by atoms with Gasteiger partial charge in [0, 0.05) is 23.7 Å². The van der Waals surface area contributed by atoms with Gasteiger partial charge in [-0.15, -0.1) is 0 Å². The summed E-state index contributed by atoms with van der Waals surface area (Å²) in [5.41, 5.74) is 1.02. The molecule has 0 bridgehead atoms. The monoisotopic (exact) mass is 281 g/mol. The van der Waals surface area contributed by atoms with E-state index >= 15 is 0 Å². The van der Waals surface area contributed by atoms with Gasteiger partial charge in [-0.05, 0) is 31.6 Å². The molecule has 0 radical (unpaired) electrons. The number of hydrogen-bond donors (Lipinski definition) is 0. The summed E-state index contributed by atoms with van der Waals surface area (Å²) in [6.07, 6.45) is 8.74. The molecular formula is C15H20FNOS. The maximum atomic E-state index is 12.8. The highest BCUT2D eigenvalue weighted by atomic mass is 32.2. The largest absolute Gasteiger partial charge is 0.493 e. The molecule has 0 saturated heterocycles. The second kappa shape index (κ2) is 6.12. The van der Waals surface area contributed by atoms with Gasteiger partial charge in [-0.25, -0.2) is 4.98 Å². The Bertz CT molecular complexity index is 430. The highest BCUT2D eigenvalue weighted by Crippen LogP contribution is 2.36. The highest BCUT2D eigenvalue weighted by Gasteiger charge is 2.21. The summed E-state index contributed by atoms with van der Waals surface area (Å²) in [4.78, 5) is 4.40. The summed E-state index contributed by atoms with van der Waals surface area (Å²) in [5.74, 6) is 1.99. The minimum absolute atomic E-state index is 0.219. The van der Waals surface area contributed by atoms with Crippen LogP contribution in [0, 0.1) is 5.92 Å². The number of halogens is 1. The average Bonchev–Trinajstić information content (AvgIpc) is 2.90. The van der Waals surface area contributed by atoms with Gasteiger partial charge in [-0.1, -0.05) is 19.3 Å². The molecule has 2 aliphatic rings. The third-order valence-corrected chi connectivity index (χ3v) is 4.73. The van der Waals surface area contributed by atoms with Crippen molar-refractivity contribution in [2.75, 3.05) is 6.61 Å². The summed E-state index contributed by atoms with van der Waals surface area (Å²) in [7, 11) is 0. The normalized spacial score (nSPS) is 20.5. The van der Waals surface area contributed by atoms with E-state index in [0.717, 1.165) is 18.1 Å². The Morgan fingerprint density at radius 2 is 1.95 bits per heavy atom. The summed E-state index contributed by atoms with van der Waals surface area (Å²) < 4.78 is 18.7. The quantitative estimate of drug-likeness (QED) is 0.766. The first kappa shape index (κ1) is 13.2. The van der Waals surface area contributed by atoms with Crippen LogP contribution in [0.1, 0.15) is 56.6 Å². The Hall–Kier alpha value is -0.770. The molecule has 4 heteroatoms. The second-order valence-electron chi connectivity index (χ2n) is 5.73. The van der Waals surface area contributed by atoms with Gasteiger partial charge in [-0.2, -0.15) is 3.89 Å². The van der Waals surface area contributed by atoms with Crippen molar-refractivity contribution in [3.63, 3.8) is 0 Å². The maximum Gasteiger partial charge on any atom is 0.133 e. The van der Waals surface area contributed by atoms with Crippen molar-refractivity contribution in [2.24, 2.45) is 5.92 Å². The molecule has 3 rings (SSSR count). The number of ether oxygens (including phenoxy) is 1. The number of rotatable bonds is 5. The average molecular weight is 281 g/mol. The molecule has 2 saturated carbocycles. The van der Waals surface area contributed by atoms with Crippen molar-refractivity contribution < 1.29 is 8.62 Å². The molecule has 2 nitrogen and oxygen atoms in total. The van der Waals surface area contributed by atoms with Crippen LogP contribution < -0.4 is 4.74 Å². The Labute approximate surface area is 118 Å². The van der Waals surface area contributed by atoms with Crippen LogP contribution in [0.4, 0.5) is 3.89 Å². The van der Waals surface area contributed by atoms with Gasteiger partial charge in [0.1, 0.15) is 22.9 Å². The van der Waals surface area contributed by atoms with Crippen LogP contribution in [0.15, 0.2) is 17.2 Å². The van der Waals surface area contributed by atoms with Crippen LogP contribution in [0.25, 0.3) is 0 Å². The molecule has 0 aromatic carbocycles. The van der Waals surface area contributed by atoms with E-state index in [9.17, 15) is 3.89 Å². The van der Waals surface area contributed by atoms with E-state index in [-0.39, 0.29) is 12.1 Å². The third-order valence-electron chi connectivity index (χ3n) is 4.36. The van der Waals surface area contributed by atoms with Gasteiger partial charge >= 0.3 is 0 Å². The fraction of sp³-hybridized carbons (Fsp3) is 0.667. The molecule has 1 aromatic rings. The number of hydrogen-bond acceptors (Lipinski definition) is 3. The molecule has 104 valence electrons. The summed E-state index contributed by atoms with van der Waals surface area (Å²) in [5, 5.41) is 0.438. The van der Waals surface area contributed by atoms with Crippen molar-refractivity contribution >= 4 is 12.1 Å². The lowest BCUT2D eigenvalue weighted by molar-refractivity contribution is 0.180. The van der Waals surface area contributed by atoms with Gasteiger partial charge in [0.2, 0.25) is 0 Å². The standard InChI is InChI=1S/C15H20FNOS/c16-19-15-9-13(18-10-11-4-3-5-11)8-14(17-15)12-6-1-2-7-12/h8-9,11-12H,1-7,10H2. The highest BCUT2D eigenvalue weighted by molar-refractivity contribution is 7.94. The maximum absolute atomic E-state index is 12.8. The summed E-state index contributed by atoms with van der Waals surface area (Å²) >= 11 is 0.219. The zero-order valence-electron chi connectivity index (χ0n) is 11.1. The minimum atomic E-state index is 0.219. The van der Waals surface area contributed by atoms with Crippen LogP contribution >= 0.6 is 12.1 Å². The van der Waals surface area contributed by atoms with Gasteiger partial charge in [0.05, 0.1) is 6.61 Å². The van der Waals surface area contributed by atoms with Crippen LogP contribution in [-0.4, -0.2) is 11.6 Å². The van der Waals surface area contributed by atoms with Crippen molar-refractivity contribution in [1.29, 1.82) is 0 Å². The van der Waals surface area contributed by atoms with Gasteiger partial charge in [-0.3, -0.25) is 0 Å². The molecule has 1 heterocycles. The van der Waals surface area contributed by atoms with Gasteiger partial charge in [0.25, 0.3) is 0 Å². The zero-order chi connectivity index (χ0) is 13.1. The first-order valence-corrected chi connectivity index (χ1v) is 8.00. The Morgan fingerprint density at radius 1 is 1.16 bits per heavy atom. The van der Waals surface area contributed by atoms with Crippen LogP contribution in [0.5, 0.6) is 5.75 Å². The minimum Gasteiger partial charge on any atom is -0.493 e. The lowest BCUT2D eigenvalue weighted by Gasteiger charge is -2.25. The third kappa shape index (κ3) is 3.22. The van der Waals surface area contributed by atoms with E-state index < -0.39 is 0 Å². The van der Waals surface area contributed by atoms with E-state index in [1.54, 1.807) is 6.07 Å². The van der Waals surface area contributed by atoms with E-state index in [4.69, 9.17) is 4.74 Å².